The molecule has 0 aromatic heterocycles. The number of rotatable bonds is 2. The van der Waals surface area contributed by atoms with Crippen molar-refractivity contribution in [2.45, 2.75) is 50.7 Å². The Morgan fingerprint density at radius 3 is 2.75 bits per heavy atom. The fourth-order valence-electron chi connectivity index (χ4n) is 4.31. The van der Waals surface area contributed by atoms with Crippen molar-refractivity contribution in [2.75, 3.05) is 19.6 Å². The molecule has 4 rings (SSSR count). The number of fused-ring (bicyclic) bond motifs is 1. The van der Waals surface area contributed by atoms with Crippen molar-refractivity contribution < 1.29 is 9.59 Å². The highest BCUT2D eigenvalue weighted by atomic mass is 16.2. The van der Waals surface area contributed by atoms with Gasteiger partial charge < -0.3 is 15.1 Å². The van der Waals surface area contributed by atoms with Crippen LogP contribution in [0, 0.1) is 0 Å². The number of benzene rings is 1. The maximum Gasteiger partial charge on any atom is 0.240 e. The summed E-state index contributed by atoms with van der Waals surface area (Å²) in [6.45, 7) is 3.14. The maximum absolute atomic E-state index is 13.0. The number of hydrogen-bond donors (Lipinski definition) is 1. The summed E-state index contributed by atoms with van der Waals surface area (Å²) in [5.41, 5.74) is 2.57. The van der Waals surface area contributed by atoms with E-state index < -0.39 is 0 Å². The SMILES string of the molecule is O=C([C@H]1Cc2ccccc2CN1)N1CCC[C@@H](N2CCCC2=O)C1. The second kappa shape index (κ2) is 6.55. The molecule has 2 fully saturated rings. The Kier molecular flexibility index (Phi) is 4.27. The lowest BCUT2D eigenvalue weighted by atomic mass is 9.94. The fourth-order valence-corrected chi connectivity index (χ4v) is 4.31. The number of nitrogens with one attached hydrogen (secondary N) is 1. The summed E-state index contributed by atoms with van der Waals surface area (Å²) in [5, 5.41) is 3.39. The van der Waals surface area contributed by atoms with Crippen molar-refractivity contribution in [2.24, 2.45) is 0 Å². The first-order chi connectivity index (χ1) is 11.7. The molecule has 0 aliphatic carbocycles. The van der Waals surface area contributed by atoms with E-state index in [0.29, 0.717) is 13.0 Å². The monoisotopic (exact) mass is 327 g/mol. The highest BCUT2D eigenvalue weighted by Gasteiger charge is 2.35. The topological polar surface area (TPSA) is 52.7 Å². The minimum atomic E-state index is -0.132. The van der Waals surface area contributed by atoms with Gasteiger partial charge in [0.25, 0.3) is 0 Å². The molecule has 0 saturated carbocycles. The van der Waals surface area contributed by atoms with Crippen LogP contribution in [0.2, 0.25) is 0 Å². The van der Waals surface area contributed by atoms with Crippen LogP contribution < -0.4 is 5.32 Å². The van der Waals surface area contributed by atoms with Crippen molar-refractivity contribution in [3.63, 3.8) is 0 Å². The van der Waals surface area contributed by atoms with E-state index in [1.807, 2.05) is 21.9 Å². The normalized spacial score (nSPS) is 27.2. The maximum atomic E-state index is 13.0. The number of nitrogens with zero attached hydrogens (tertiary/aromatic N) is 2. The summed E-state index contributed by atoms with van der Waals surface area (Å²) in [4.78, 5) is 28.9. The van der Waals surface area contributed by atoms with Crippen LogP contribution in [0.5, 0.6) is 0 Å². The third kappa shape index (κ3) is 2.93. The Bertz CT molecular complexity index is 645. The first-order valence-electron chi connectivity index (χ1n) is 9.11. The first kappa shape index (κ1) is 15.6. The molecule has 1 aromatic rings. The van der Waals surface area contributed by atoms with E-state index in [0.717, 1.165) is 45.3 Å². The molecule has 3 heterocycles. The van der Waals surface area contributed by atoms with Gasteiger partial charge in [-0.1, -0.05) is 24.3 Å². The van der Waals surface area contributed by atoms with Gasteiger partial charge in [-0.25, -0.2) is 0 Å². The quantitative estimate of drug-likeness (QED) is 0.891. The second-order valence-corrected chi connectivity index (χ2v) is 7.18. The van der Waals surface area contributed by atoms with E-state index in [-0.39, 0.29) is 23.9 Å². The van der Waals surface area contributed by atoms with Gasteiger partial charge in [0.15, 0.2) is 0 Å². The zero-order chi connectivity index (χ0) is 16.5. The molecular weight excluding hydrogens is 302 g/mol. The van der Waals surface area contributed by atoms with Gasteiger partial charge in [0.05, 0.1) is 6.04 Å². The minimum absolute atomic E-state index is 0.132. The zero-order valence-corrected chi connectivity index (χ0v) is 14.0. The Labute approximate surface area is 143 Å². The third-order valence-electron chi connectivity index (χ3n) is 5.64. The largest absolute Gasteiger partial charge is 0.339 e. The molecule has 0 bridgehead atoms. The van der Waals surface area contributed by atoms with Crippen LogP contribution in [0.25, 0.3) is 0 Å². The summed E-state index contributed by atoms with van der Waals surface area (Å²) in [6.07, 6.45) is 4.41. The van der Waals surface area contributed by atoms with Crippen LogP contribution in [0.1, 0.15) is 36.8 Å². The molecule has 2 amide bonds. The summed E-state index contributed by atoms with van der Waals surface area (Å²) in [7, 11) is 0. The lowest BCUT2D eigenvalue weighted by molar-refractivity contribution is -0.139. The Balaban J connectivity index is 1.42. The van der Waals surface area contributed by atoms with Crippen LogP contribution in [-0.4, -0.2) is 53.3 Å². The number of carbonyl (C=O) groups is 2. The van der Waals surface area contributed by atoms with Gasteiger partial charge in [0.2, 0.25) is 11.8 Å². The summed E-state index contributed by atoms with van der Waals surface area (Å²) in [6, 6.07) is 8.42. The molecule has 1 N–H and O–H groups in total. The van der Waals surface area contributed by atoms with Gasteiger partial charge in [-0.15, -0.1) is 0 Å². The number of carbonyl (C=O) groups excluding carboxylic acids is 2. The molecule has 2 atom stereocenters. The van der Waals surface area contributed by atoms with Crippen LogP contribution in [-0.2, 0) is 22.6 Å². The van der Waals surface area contributed by atoms with Crippen molar-refractivity contribution in [3.8, 4) is 0 Å². The van der Waals surface area contributed by atoms with E-state index in [9.17, 15) is 9.59 Å². The van der Waals surface area contributed by atoms with Gasteiger partial charge in [-0.05, 0) is 36.8 Å². The molecule has 1 aromatic carbocycles. The number of piperidine rings is 1. The molecule has 0 spiro atoms. The lowest BCUT2D eigenvalue weighted by Crippen LogP contribution is -2.55. The first-order valence-corrected chi connectivity index (χ1v) is 9.11. The van der Waals surface area contributed by atoms with Crippen LogP contribution in [0.4, 0.5) is 0 Å². The van der Waals surface area contributed by atoms with E-state index in [4.69, 9.17) is 0 Å². The molecule has 0 unspecified atom stereocenters. The van der Waals surface area contributed by atoms with Crippen LogP contribution in [0.15, 0.2) is 24.3 Å². The predicted octanol–water partition coefficient (Wildman–Crippen LogP) is 1.31. The molecule has 3 aliphatic rings. The van der Waals surface area contributed by atoms with Crippen molar-refractivity contribution in [3.05, 3.63) is 35.4 Å². The van der Waals surface area contributed by atoms with Crippen molar-refractivity contribution in [1.82, 2.24) is 15.1 Å². The van der Waals surface area contributed by atoms with Crippen molar-refractivity contribution >= 4 is 11.8 Å². The molecule has 2 saturated heterocycles. The van der Waals surface area contributed by atoms with Crippen LogP contribution >= 0.6 is 0 Å². The molecule has 5 heteroatoms. The lowest BCUT2D eigenvalue weighted by Gasteiger charge is -2.39. The molecule has 5 nitrogen and oxygen atoms in total. The zero-order valence-electron chi connectivity index (χ0n) is 14.0. The van der Waals surface area contributed by atoms with Gasteiger partial charge in [0.1, 0.15) is 0 Å². The molecule has 0 radical (unpaired) electrons. The molecule has 24 heavy (non-hydrogen) atoms. The number of likely N-dealkylation sites (tertiary alicyclic amines) is 2. The highest BCUT2D eigenvalue weighted by molar-refractivity contribution is 5.83. The van der Waals surface area contributed by atoms with E-state index in [2.05, 4.69) is 17.4 Å². The Morgan fingerprint density at radius 1 is 1.12 bits per heavy atom. The summed E-state index contributed by atoms with van der Waals surface area (Å²) >= 11 is 0. The summed E-state index contributed by atoms with van der Waals surface area (Å²) < 4.78 is 0. The predicted molar refractivity (Wildman–Crippen MR) is 91.3 cm³/mol. The summed E-state index contributed by atoms with van der Waals surface area (Å²) in [5.74, 6) is 0.458. The third-order valence-corrected chi connectivity index (χ3v) is 5.64. The van der Waals surface area contributed by atoms with Gasteiger partial charge >= 0.3 is 0 Å². The van der Waals surface area contributed by atoms with E-state index in [1.165, 1.54) is 11.1 Å². The number of hydrogen-bond acceptors (Lipinski definition) is 3. The highest BCUT2D eigenvalue weighted by Crippen LogP contribution is 2.23. The van der Waals surface area contributed by atoms with Gasteiger partial charge in [-0.2, -0.15) is 0 Å². The van der Waals surface area contributed by atoms with Crippen LogP contribution in [0.3, 0.4) is 0 Å². The van der Waals surface area contributed by atoms with Gasteiger partial charge in [0, 0.05) is 38.6 Å². The average Bonchev–Trinajstić information content (AvgIpc) is 3.07. The van der Waals surface area contributed by atoms with E-state index in [1.54, 1.807) is 0 Å². The molecule has 3 aliphatic heterocycles. The Hall–Kier alpha value is -1.88. The fraction of sp³-hybridized carbons (Fsp3) is 0.579. The minimum Gasteiger partial charge on any atom is -0.339 e. The van der Waals surface area contributed by atoms with Gasteiger partial charge in [-0.3, -0.25) is 9.59 Å². The Morgan fingerprint density at radius 2 is 1.96 bits per heavy atom. The molecular formula is C19H25N3O2. The molecule has 128 valence electrons. The van der Waals surface area contributed by atoms with Crippen molar-refractivity contribution in [1.29, 1.82) is 0 Å². The van der Waals surface area contributed by atoms with E-state index >= 15 is 0 Å². The average molecular weight is 327 g/mol. The standard InChI is InChI=1S/C19H25N3O2/c23-18-8-4-10-22(18)16-7-3-9-21(13-16)19(24)17-11-14-5-1-2-6-15(14)12-20-17/h1-2,5-6,16-17,20H,3-4,7-13H2/t16-,17-/m1/s1. The number of amides is 2. The smallest absolute Gasteiger partial charge is 0.240 e. The second-order valence-electron chi connectivity index (χ2n) is 7.18.